The Hall–Kier alpha value is -0.770. The Kier molecular flexibility index (Phi) is 2.35. The number of amides is 1. The minimum absolute atomic E-state index is 0.0891. The molecule has 1 saturated heterocycles. The monoisotopic (exact) mass is 256 g/mol. The molecule has 2 heterocycles. The molecule has 2 aliphatic rings. The van der Waals surface area contributed by atoms with Crippen molar-refractivity contribution in [2.24, 2.45) is 0 Å². The Bertz CT molecular complexity index is 463. The van der Waals surface area contributed by atoms with Crippen molar-refractivity contribution in [3.05, 3.63) is 34.3 Å². The topological polar surface area (TPSA) is 32.3 Å². The van der Waals surface area contributed by atoms with E-state index in [0.717, 1.165) is 12.1 Å². The van der Waals surface area contributed by atoms with Gasteiger partial charge in [-0.05, 0) is 23.4 Å². The predicted molar refractivity (Wildman–Crippen MR) is 62.9 cm³/mol. The highest BCUT2D eigenvalue weighted by Crippen LogP contribution is 2.36. The van der Waals surface area contributed by atoms with E-state index in [-0.39, 0.29) is 17.9 Å². The molecule has 0 unspecified atom stereocenters. The van der Waals surface area contributed by atoms with E-state index in [1.165, 1.54) is 0 Å². The molecule has 1 fully saturated rings. The maximum Gasteiger partial charge on any atom is 0.253 e. The van der Waals surface area contributed by atoms with Crippen LogP contribution >= 0.6 is 23.4 Å². The lowest BCUT2D eigenvalue weighted by atomic mass is 9.86. The van der Waals surface area contributed by atoms with Crippen molar-refractivity contribution in [1.82, 2.24) is 9.74 Å². The summed E-state index contributed by atoms with van der Waals surface area (Å²) in [6.07, 6.45) is 0. The smallest absolute Gasteiger partial charge is 0.253 e. The van der Waals surface area contributed by atoms with Crippen LogP contribution < -0.4 is 5.32 Å². The first-order chi connectivity index (χ1) is 7.66. The Labute approximate surface area is 103 Å². The first-order valence-corrected chi connectivity index (χ1v) is 5.88. The average molecular weight is 257 g/mol. The Morgan fingerprint density at radius 3 is 3.00 bits per heavy atom. The number of nitrogens with zero attached hydrogens (tertiary/aromatic N) is 1. The summed E-state index contributed by atoms with van der Waals surface area (Å²) in [5.74, 6) is 0.165. The van der Waals surface area contributed by atoms with E-state index in [0.29, 0.717) is 17.1 Å². The molecule has 2 atom stereocenters. The summed E-state index contributed by atoms with van der Waals surface area (Å²) >= 11 is 12.0. The van der Waals surface area contributed by atoms with Crippen LogP contribution in [0.3, 0.4) is 0 Å². The van der Waals surface area contributed by atoms with Crippen LogP contribution in [-0.4, -0.2) is 29.5 Å². The predicted octanol–water partition coefficient (Wildman–Crippen LogP) is 2.00. The fourth-order valence-corrected chi connectivity index (χ4v) is 3.11. The molecule has 1 amide bonds. The molecule has 3 nitrogen and oxygen atoms in total. The first-order valence-electron chi connectivity index (χ1n) is 5.17. The fraction of sp³-hybridized carbons (Fsp3) is 0.364. The van der Waals surface area contributed by atoms with Gasteiger partial charge in [-0.15, -0.1) is 0 Å². The van der Waals surface area contributed by atoms with Crippen LogP contribution in [0, 0.1) is 0 Å². The van der Waals surface area contributed by atoms with Gasteiger partial charge in [0.2, 0.25) is 0 Å². The minimum Gasteiger partial charge on any atom is -0.347 e. The molecule has 0 radical (unpaired) electrons. The second kappa shape index (κ2) is 3.62. The number of carbonyl (C=O) groups excluding carboxylic acids is 1. The SMILES string of the molecule is O=C1N[C@@H]2CN(Cl)C[C@H]2c2cccc(Cl)c21. The summed E-state index contributed by atoms with van der Waals surface area (Å²) in [6.45, 7) is 1.43. The maximum absolute atomic E-state index is 11.9. The van der Waals surface area contributed by atoms with E-state index in [1.807, 2.05) is 12.1 Å². The number of carbonyl (C=O) groups is 1. The molecule has 0 bridgehead atoms. The zero-order valence-corrected chi connectivity index (χ0v) is 9.92. The van der Waals surface area contributed by atoms with Crippen molar-refractivity contribution in [3.63, 3.8) is 0 Å². The van der Waals surface area contributed by atoms with E-state index in [4.69, 9.17) is 23.4 Å². The third-order valence-electron chi connectivity index (χ3n) is 3.26. The number of benzene rings is 1. The van der Waals surface area contributed by atoms with Crippen LogP contribution in [0.25, 0.3) is 0 Å². The van der Waals surface area contributed by atoms with Crippen LogP contribution in [0.1, 0.15) is 21.8 Å². The van der Waals surface area contributed by atoms with E-state index < -0.39 is 0 Å². The second-order valence-corrected chi connectivity index (χ2v) is 5.10. The summed E-state index contributed by atoms with van der Waals surface area (Å²) in [4.78, 5) is 11.9. The Balaban J connectivity index is 2.13. The zero-order chi connectivity index (χ0) is 11.3. The molecular formula is C11H10Cl2N2O. The van der Waals surface area contributed by atoms with Gasteiger partial charge in [-0.3, -0.25) is 4.79 Å². The van der Waals surface area contributed by atoms with E-state index in [2.05, 4.69) is 5.32 Å². The molecule has 0 spiro atoms. The molecule has 1 N–H and O–H groups in total. The number of hydrogen-bond donors (Lipinski definition) is 1. The lowest BCUT2D eigenvalue weighted by molar-refractivity contribution is 0.0924. The first kappa shape index (κ1) is 10.4. The third kappa shape index (κ3) is 1.43. The molecule has 2 aliphatic heterocycles. The van der Waals surface area contributed by atoms with Crippen LogP contribution in [0.5, 0.6) is 0 Å². The van der Waals surface area contributed by atoms with Gasteiger partial charge in [-0.25, -0.2) is 4.42 Å². The lowest BCUT2D eigenvalue weighted by Crippen LogP contribution is -2.44. The van der Waals surface area contributed by atoms with Crippen LogP contribution in [0.2, 0.25) is 5.02 Å². The van der Waals surface area contributed by atoms with Crippen molar-refractivity contribution < 1.29 is 4.79 Å². The van der Waals surface area contributed by atoms with Gasteiger partial charge < -0.3 is 5.32 Å². The van der Waals surface area contributed by atoms with Gasteiger partial charge in [0.15, 0.2) is 0 Å². The summed E-state index contributed by atoms with van der Waals surface area (Å²) < 4.78 is 1.71. The Morgan fingerprint density at radius 1 is 1.38 bits per heavy atom. The van der Waals surface area contributed by atoms with E-state index >= 15 is 0 Å². The maximum atomic E-state index is 11.9. The van der Waals surface area contributed by atoms with Crippen LogP contribution in [0.4, 0.5) is 0 Å². The van der Waals surface area contributed by atoms with Gasteiger partial charge in [-0.1, -0.05) is 23.7 Å². The molecule has 16 heavy (non-hydrogen) atoms. The quantitative estimate of drug-likeness (QED) is 0.721. The van der Waals surface area contributed by atoms with Gasteiger partial charge in [0.05, 0.1) is 16.6 Å². The summed E-state index contributed by atoms with van der Waals surface area (Å²) in [6, 6.07) is 5.70. The van der Waals surface area contributed by atoms with E-state index in [9.17, 15) is 4.79 Å². The molecule has 1 aromatic rings. The molecule has 84 valence electrons. The molecule has 5 heteroatoms. The summed E-state index contributed by atoms with van der Waals surface area (Å²) in [5, 5.41) is 3.47. The van der Waals surface area contributed by atoms with Gasteiger partial charge in [0.25, 0.3) is 5.91 Å². The largest absolute Gasteiger partial charge is 0.347 e. The number of rotatable bonds is 0. The third-order valence-corrected chi connectivity index (χ3v) is 3.86. The van der Waals surface area contributed by atoms with Crippen molar-refractivity contribution in [1.29, 1.82) is 0 Å². The fourth-order valence-electron chi connectivity index (χ4n) is 2.55. The molecule has 0 saturated carbocycles. The minimum atomic E-state index is -0.0891. The van der Waals surface area contributed by atoms with Crippen molar-refractivity contribution in [2.45, 2.75) is 12.0 Å². The van der Waals surface area contributed by atoms with Gasteiger partial charge in [-0.2, -0.15) is 0 Å². The van der Waals surface area contributed by atoms with Crippen molar-refractivity contribution in [3.8, 4) is 0 Å². The molecule has 3 rings (SSSR count). The lowest BCUT2D eigenvalue weighted by Gasteiger charge is -2.28. The van der Waals surface area contributed by atoms with Crippen LogP contribution in [0.15, 0.2) is 18.2 Å². The number of fused-ring (bicyclic) bond motifs is 3. The highest BCUT2D eigenvalue weighted by molar-refractivity contribution is 6.34. The highest BCUT2D eigenvalue weighted by atomic mass is 35.5. The molecule has 0 aliphatic carbocycles. The standard InChI is InChI=1S/C11H10Cl2N2O/c12-8-3-1-2-6-7-4-15(13)5-9(7)14-11(16)10(6)8/h1-3,7,9H,4-5H2,(H,14,16)/t7-,9+/m0/s1. The van der Waals surface area contributed by atoms with Gasteiger partial charge in [0.1, 0.15) is 0 Å². The Morgan fingerprint density at radius 2 is 2.19 bits per heavy atom. The van der Waals surface area contributed by atoms with Crippen molar-refractivity contribution in [2.75, 3.05) is 13.1 Å². The number of halogens is 2. The molecule has 1 aromatic carbocycles. The normalized spacial score (nSPS) is 28.5. The van der Waals surface area contributed by atoms with Crippen molar-refractivity contribution >= 4 is 29.3 Å². The number of hydrogen-bond acceptors (Lipinski definition) is 2. The van der Waals surface area contributed by atoms with E-state index in [1.54, 1.807) is 10.5 Å². The summed E-state index contributed by atoms with van der Waals surface area (Å²) in [5.41, 5.74) is 1.63. The van der Waals surface area contributed by atoms with Gasteiger partial charge >= 0.3 is 0 Å². The van der Waals surface area contributed by atoms with Crippen LogP contribution in [-0.2, 0) is 0 Å². The highest BCUT2D eigenvalue weighted by Gasteiger charge is 2.40. The average Bonchev–Trinajstić information content (AvgIpc) is 2.58. The molecule has 0 aromatic heterocycles. The van der Waals surface area contributed by atoms with Gasteiger partial charge in [0, 0.05) is 19.0 Å². The summed E-state index contributed by atoms with van der Waals surface area (Å²) in [7, 11) is 0. The second-order valence-electron chi connectivity index (χ2n) is 4.22. The zero-order valence-electron chi connectivity index (χ0n) is 8.41. The number of nitrogens with one attached hydrogen (secondary N) is 1. The molecular weight excluding hydrogens is 247 g/mol.